The number of nitrogens with one attached hydrogen (secondary N) is 2. The predicted octanol–water partition coefficient (Wildman–Crippen LogP) is 4.33. The van der Waals surface area contributed by atoms with E-state index < -0.39 is 45.9 Å². The van der Waals surface area contributed by atoms with Crippen LogP contribution in [0.4, 0.5) is 36.7 Å². The van der Waals surface area contributed by atoms with E-state index in [1.165, 1.54) is 29.9 Å². The van der Waals surface area contributed by atoms with E-state index in [1.807, 2.05) is 0 Å². The van der Waals surface area contributed by atoms with Crippen LogP contribution >= 0.6 is 0 Å². The van der Waals surface area contributed by atoms with Crippen LogP contribution in [0.3, 0.4) is 0 Å². The van der Waals surface area contributed by atoms with Gasteiger partial charge in [0, 0.05) is 44.6 Å². The number of hydrogen-bond donors (Lipinski definition) is 3. The summed E-state index contributed by atoms with van der Waals surface area (Å²) in [5.41, 5.74) is 1.83. The minimum absolute atomic E-state index is 0.0358. The molecule has 3 N–H and O–H groups in total. The molecule has 16 heteroatoms. The zero-order valence-corrected chi connectivity index (χ0v) is 28.3. The largest absolute Gasteiger partial charge is 0.444 e. The number of rotatable bonds is 8. The number of benzene rings is 1. The number of halogens is 2. The number of anilines is 4. The molecule has 1 spiro atoms. The number of piperidine rings is 2. The van der Waals surface area contributed by atoms with E-state index in [4.69, 9.17) is 9.84 Å². The standard InChI is InChI=1S/C32H43F2N7O6S/c1-30(2,3)47-29(44)41-19-23-24(20-41)35-28(36-26(23)40-14-10-32(33,34)11-15-40)37-27(43)22-5-4-21(38-48(45,46)17-16-42)18-25(22)39-12-8-31(6-7-31)9-13-39/h4-5,18,38,42H,6-17,19-20H2,1-3H3,(H,35,36,37,43). The van der Waals surface area contributed by atoms with Gasteiger partial charge in [0.2, 0.25) is 16.0 Å². The van der Waals surface area contributed by atoms with Crippen molar-refractivity contribution >= 4 is 45.2 Å². The third-order valence-corrected chi connectivity index (χ3v) is 10.7. The number of aliphatic hydroxyl groups excluding tert-OH is 1. The summed E-state index contributed by atoms with van der Waals surface area (Å²) >= 11 is 0. The summed E-state index contributed by atoms with van der Waals surface area (Å²) in [6.45, 7) is 6.48. The number of carbonyl (C=O) groups excluding carboxylic acids is 2. The van der Waals surface area contributed by atoms with Crippen LogP contribution < -0.4 is 19.8 Å². The molecule has 2 amide bonds. The minimum Gasteiger partial charge on any atom is -0.444 e. The highest BCUT2D eigenvalue weighted by Crippen LogP contribution is 2.54. The lowest BCUT2D eigenvalue weighted by Gasteiger charge is -2.35. The number of carbonyl (C=O) groups is 2. The molecule has 4 aliphatic rings. The molecular weight excluding hydrogens is 648 g/mol. The van der Waals surface area contributed by atoms with Gasteiger partial charge in [0.25, 0.3) is 11.8 Å². The molecule has 2 aromatic rings. The van der Waals surface area contributed by atoms with Gasteiger partial charge in [0.05, 0.1) is 48.1 Å². The zero-order valence-electron chi connectivity index (χ0n) is 27.5. The van der Waals surface area contributed by atoms with Crippen LogP contribution in [0.15, 0.2) is 18.2 Å². The quantitative estimate of drug-likeness (QED) is 0.364. The van der Waals surface area contributed by atoms with E-state index in [9.17, 15) is 26.8 Å². The molecule has 13 nitrogen and oxygen atoms in total. The number of sulfonamides is 1. The summed E-state index contributed by atoms with van der Waals surface area (Å²) in [6, 6.07) is 4.64. The second kappa shape index (κ2) is 12.6. The predicted molar refractivity (Wildman–Crippen MR) is 176 cm³/mol. The summed E-state index contributed by atoms with van der Waals surface area (Å²) in [5, 5.41) is 12.0. The van der Waals surface area contributed by atoms with E-state index >= 15 is 0 Å². The summed E-state index contributed by atoms with van der Waals surface area (Å²) in [4.78, 5) is 41.4. The average Bonchev–Trinajstić information content (AvgIpc) is 3.60. The Bertz CT molecular complexity index is 1680. The van der Waals surface area contributed by atoms with E-state index in [-0.39, 0.29) is 56.2 Å². The van der Waals surface area contributed by atoms with Crippen molar-refractivity contribution in [3.8, 4) is 0 Å². The number of ether oxygens (including phenoxy) is 1. The highest BCUT2D eigenvalue weighted by atomic mass is 32.2. The van der Waals surface area contributed by atoms with Gasteiger partial charge in [-0.15, -0.1) is 0 Å². The molecule has 1 aromatic carbocycles. The molecule has 0 bridgehead atoms. The van der Waals surface area contributed by atoms with Crippen LogP contribution in [0.5, 0.6) is 0 Å². The van der Waals surface area contributed by atoms with Crippen LogP contribution in [0.2, 0.25) is 0 Å². The fourth-order valence-corrected chi connectivity index (χ4v) is 7.35. The molecule has 6 rings (SSSR count). The van der Waals surface area contributed by atoms with E-state index in [2.05, 4.69) is 24.9 Å². The first kappa shape index (κ1) is 34.1. The van der Waals surface area contributed by atoms with Crippen LogP contribution in [0.1, 0.15) is 80.9 Å². The van der Waals surface area contributed by atoms with Crippen LogP contribution in [0, 0.1) is 5.41 Å². The molecule has 2 saturated heterocycles. The van der Waals surface area contributed by atoms with Gasteiger partial charge >= 0.3 is 6.09 Å². The molecule has 0 atom stereocenters. The molecule has 262 valence electrons. The Morgan fingerprint density at radius 2 is 1.65 bits per heavy atom. The lowest BCUT2D eigenvalue weighted by Crippen LogP contribution is -2.40. The Hall–Kier alpha value is -3.79. The molecule has 0 unspecified atom stereocenters. The van der Waals surface area contributed by atoms with Crippen molar-refractivity contribution < 1.29 is 36.6 Å². The van der Waals surface area contributed by atoms with Crippen molar-refractivity contribution in [1.82, 2.24) is 14.9 Å². The second-order valence-corrected chi connectivity index (χ2v) is 16.1. The zero-order chi connectivity index (χ0) is 34.5. The van der Waals surface area contributed by atoms with Crippen LogP contribution in [-0.2, 0) is 27.8 Å². The molecule has 48 heavy (non-hydrogen) atoms. The number of nitrogens with zero attached hydrogens (tertiary/aromatic N) is 5. The minimum atomic E-state index is -3.80. The molecule has 1 aromatic heterocycles. The van der Waals surface area contributed by atoms with Crippen molar-refractivity contribution in [3.05, 3.63) is 35.0 Å². The topological polar surface area (TPSA) is 157 Å². The summed E-state index contributed by atoms with van der Waals surface area (Å²) < 4.78 is 61.0. The number of alkyl halides is 2. The van der Waals surface area contributed by atoms with Gasteiger partial charge in [0.1, 0.15) is 11.4 Å². The number of aliphatic hydroxyl groups is 1. The van der Waals surface area contributed by atoms with E-state index in [0.717, 1.165) is 12.8 Å². The maximum absolute atomic E-state index is 14.1. The van der Waals surface area contributed by atoms with Crippen LogP contribution in [-0.4, -0.2) is 90.5 Å². The van der Waals surface area contributed by atoms with Crippen molar-refractivity contribution in [2.24, 2.45) is 5.41 Å². The first-order valence-corrected chi connectivity index (χ1v) is 18.0. The Morgan fingerprint density at radius 3 is 2.27 bits per heavy atom. The molecule has 1 saturated carbocycles. The fraction of sp³-hybridized carbons (Fsp3) is 0.625. The summed E-state index contributed by atoms with van der Waals surface area (Å²) in [5.74, 6) is -3.42. The Labute approximate surface area is 279 Å². The van der Waals surface area contributed by atoms with Gasteiger partial charge in [-0.2, -0.15) is 4.98 Å². The van der Waals surface area contributed by atoms with Gasteiger partial charge in [-0.1, -0.05) is 0 Å². The monoisotopic (exact) mass is 691 g/mol. The highest BCUT2D eigenvalue weighted by molar-refractivity contribution is 7.92. The number of aromatic nitrogens is 2. The van der Waals surface area contributed by atoms with Crippen molar-refractivity contribution in [1.29, 1.82) is 0 Å². The molecule has 4 heterocycles. The van der Waals surface area contributed by atoms with Crippen molar-refractivity contribution in [2.45, 2.75) is 83.9 Å². The van der Waals surface area contributed by atoms with Crippen molar-refractivity contribution in [3.63, 3.8) is 0 Å². The van der Waals surface area contributed by atoms with Crippen LogP contribution in [0.25, 0.3) is 0 Å². The number of fused-ring (bicyclic) bond motifs is 1. The molecule has 3 aliphatic heterocycles. The first-order chi connectivity index (χ1) is 22.5. The van der Waals surface area contributed by atoms with Gasteiger partial charge in [-0.05, 0) is 70.1 Å². The third-order valence-electron chi connectivity index (χ3n) is 9.43. The highest BCUT2D eigenvalue weighted by Gasteiger charge is 2.45. The SMILES string of the molecule is CC(C)(C)OC(=O)N1Cc2nc(NC(=O)c3ccc(NS(=O)(=O)CCO)cc3N3CCC4(CC3)CC4)nc(N3CCC(F)(F)CC3)c2C1. The lowest BCUT2D eigenvalue weighted by atomic mass is 9.93. The van der Waals surface area contributed by atoms with Crippen molar-refractivity contribution in [2.75, 3.05) is 58.4 Å². The average molecular weight is 692 g/mol. The molecular formula is C32H43F2N7O6S. The normalized spacial score (nSPS) is 20.0. The van der Waals surface area contributed by atoms with Gasteiger partial charge in [0.15, 0.2) is 0 Å². The first-order valence-electron chi connectivity index (χ1n) is 16.4. The number of amides is 2. The smallest absolute Gasteiger partial charge is 0.410 e. The maximum Gasteiger partial charge on any atom is 0.410 e. The molecule has 0 radical (unpaired) electrons. The summed E-state index contributed by atoms with van der Waals surface area (Å²) in [7, 11) is -3.80. The Kier molecular flexibility index (Phi) is 8.94. The van der Waals surface area contributed by atoms with Gasteiger partial charge in [-0.25, -0.2) is 27.0 Å². The molecule has 3 fully saturated rings. The third kappa shape index (κ3) is 7.74. The lowest BCUT2D eigenvalue weighted by molar-refractivity contribution is -0.0221. The number of hydrogen-bond acceptors (Lipinski definition) is 10. The second-order valence-electron chi connectivity index (χ2n) is 14.3. The van der Waals surface area contributed by atoms with Gasteiger partial charge < -0.3 is 19.6 Å². The maximum atomic E-state index is 14.1. The fourth-order valence-electron chi connectivity index (χ4n) is 6.52. The van der Waals surface area contributed by atoms with Gasteiger partial charge in [-0.3, -0.25) is 19.7 Å². The van der Waals surface area contributed by atoms with E-state index in [0.29, 0.717) is 41.3 Å². The van der Waals surface area contributed by atoms with E-state index in [1.54, 1.807) is 31.7 Å². The summed E-state index contributed by atoms with van der Waals surface area (Å²) in [6.07, 6.45) is 3.07. The Balaban J connectivity index is 1.30. The molecule has 1 aliphatic carbocycles. The Morgan fingerprint density at radius 1 is 0.979 bits per heavy atom.